The first-order chi connectivity index (χ1) is 15.2. The molecular formula is C27H42N2O2. The Morgan fingerprint density at radius 3 is 2.71 bits per heavy atom. The van der Waals surface area contributed by atoms with Gasteiger partial charge in [-0.3, -0.25) is 4.98 Å². The minimum atomic E-state index is 0.321. The van der Waals surface area contributed by atoms with Crippen molar-refractivity contribution in [3.63, 3.8) is 0 Å². The predicted molar refractivity (Wildman–Crippen MR) is 130 cm³/mol. The van der Waals surface area contributed by atoms with Crippen molar-refractivity contribution in [1.29, 1.82) is 0 Å². The van der Waals surface area contributed by atoms with Gasteiger partial charge in [0.25, 0.3) is 0 Å². The standard InChI is InChI=1S/C27H42N2O2/c1-3-4-5-6-7-17-29-18-15-22(24(21-29)16-19-30)9-8-10-25-12-11-23-20-26(31-2)13-14-27(23)28-25/h11-14,20,22,24,30H,3-10,15-19,21H2,1-2H3/t22-,24+/m1/s1. The topological polar surface area (TPSA) is 45.6 Å². The maximum Gasteiger partial charge on any atom is 0.119 e. The summed E-state index contributed by atoms with van der Waals surface area (Å²) in [6, 6.07) is 10.4. The van der Waals surface area contributed by atoms with Crippen LogP contribution < -0.4 is 4.74 Å². The van der Waals surface area contributed by atoms with E-state index in [4.69, 9.17) is 9.72 Å². The number of aliphatic hydroxyl groups is 1. The number of pyridine rings is 1. The third kappa shape index (κ3) is 7.47. The van der Waals surface area contributed by atoms with E-state index in [0.717, 1.165) is 35.4 Å². The average molecular weight is 427 g/mol. The molecule has 2 heterocycles. The summed E-state index contributed by atoms with van der Waals surface area (Å²) < 4.78 is 5.31. The predicted octanol–water partition coefficient (Wildman–Crippen LogP) is 5.86. The van der Waals surface area contributed by atoms with Crippen LogP contribution >= 0.6 is 0 Å². The molecule has 31 heavy (non-hydrogen) atoms. The molecule has 1 fully saturated rings. The molecule has 0 bridgehead atoms. The Bertz CT molecular complexity index is 779. The Kier molecular flexibility index (Phi) is 10.1. The average Bonchev–Trinajstić information content (AvgIpc) is 2.80. The SMILES string of the molecule is CCCCCCCN1CC[C@@H](CCCc2ccc3cc(OC)ccc3n2)[C@@H](CCO)C1. The first kappa shape index (κ1) is 24.0. The molecule has 3 rings (SSSR count). The number of hydrogen-bond donors (Lipinski definition) is 1. The van der Waals surface area contributed by atoms with Gasteiger partial charge in [0.1, 0.15) is 5.75 Å². The van der Waals surface area contributed by atoms with E-state index in [1.54, 1.807) is 7.11 Å². The third-order valence-corrected chi connectivity index (χ3v) is 7.02. The number of methoxy groups -OCH3 is 1. The van der Waals surface area contributed by atoms with E-state index < -0.39 is 0 Å². The van der Waals surface area contributed by atoms with Crippen LogP contribution in [0.1, 0.15) is 70.4 Å². The fourth-order valence-electron chi connectivity index (χ4n) is 5.13. The minimum absolute atomic E-state index is 0.321. The molecule has 1 N–H and O–H groups in total. The number of aromatic nitrogens is 1. The van der Waals surface area contributed by atoms with Gasteiger partial charge in [-0.2, -0.15) is 0 Å². The Morgan fingerprint density at radius 2 is 1.90 bits per heavy atom. The molecule has 1 saturated heterocycles. The van der Waals surface area contributed by atoms with Crippen LogP contribution in [0.2, 0.25) is 0 Å². The molecule has 2 atom stereocenters. The molecule has 0 amide bonds. The van der Waals surface area contributed by atoms with Crippen molar-refractivity contribution in [2.24, 2.45) is 11.8 Å². The highest BCUT2D eigenvalue weighted by Crippen LogP contribution is 2.31. The zero-order valence-electron chi connectivity index (χ0n) is 19.7. The fraction of sp³-hybridized carbons (Fsp3) is 0.667. The van der Waals surface area contributed by atoms with E-state index in [1.807, 2.05) is 18.2 Å². The maximum atomic E-state index is 9.60. The number of aliphatic hydroxyl groups excluding tert-OH is 1. The highest BCUT2D eigenvalue weighted by Gasteiger charge is 2.28. The number of benzene rings is 1. The maximum absolute atomic E-state index is 9.60. The Labute approximate surface area is 189 Å². The van der Waals surface area contributed by atoms with Gasteiger partial charge < -0.3 is 14.7 Å². The zero-order chi connectivity index (χ0) is 21.9. The van der Waals surface area contributed by atoms with Crippen molar-refractivity contribution in [3.05, 3.63) is 36.0 Å². The van der Waals surface area contributed by atoms with Gasteiger partial charge in [0, 0.05) is 24.2 Å². The molecule has 2 aromatic rings. The van der Waals surface area contributed by atoms with Gasteiger partial charge in [0.05, 0.1) is 12.6 Å². The van der Waals surface area contributed by atoms with Gasteiger partial charge in [0.15, 0.2) is 0 Å². The normalized spacial score (nSPS) is 19.7. The number of ether oxygens (including phenoxy) is 1. The van der Waals surface area contributed by atoms with Crippen molar-refractivity contribution in [3.8, 4) is 5.75 Å². The lowest BCUT2D eigenvalue weighted by Crippen LogP contribution is -2.41. The van der Waals surface area contributed by atoms with E-state index in [-0.39, 0.29) is 0 Å². The number of aryl methyl sites for hydroxylation is 1. The second-order valence-electron chi connectivity index (χ2n) is 9.29. The summed E-state index contributed by atoms with van der Waals surface area (Å²) in [6.45, 7) is 6.24. The van der Waals surface area contributed by atoms with Crippen LogP contribution in [-0.2, 0) is 6.42 Å². The molecule has 0 spiro atoms. The summed E-state index contributed by atoms with van der Waals surface area (Å²) >= 11 is 0. The van der Waals surface area contributed by atoms with Crippen LogP contribution in [0.4, 0.5) is 0 Å². The summed E-state index contributed by atoms with van der Waals surface area (Å²) in [6.07, 6.45) is 12.4. The molecule has 0 unspecified atom stereocenters. The summed E-state index contributed by atoms with van der Waals surface area (Å²) in [4.78, 5) is 7.51. The lowest BCUT2D eigenvalue weighted by Gasteiger charge is -2.39. The van der Waals surface area contributed by atoms with Gasteiger partial charge in [-0.25, -0.2) is 0 Å². The molecule has 1 aliphatic rings. The molecule has 0 radical (unpaired) electrons. The molecular weight excluding hydrogens is 384 g/mol. The largest absolute Gasteiger partial charge is 0.497 e. The Hall–Kier alpha value is -1.65. The summed E-state index contributed by atoms with van der Waals surface area (Å²) in [5, 5.41) is 10.7. The highest BCUT2D eigenvalue weighted by molar-refractivity contribution is 5.80. The van der Waals surface area contributed by atoms with E-state index in [9.17, 15) is 5.11 Å². The van der Waals surface area contributed by atoms with Crippen LogP contribution in [0, 0.1) is 11.8 Å². The van der Waals surface area contributed by atoms with Crippen molar-refractivity contribution >= 4 is 10.9 Å². The number of nitrogens with zero attached hydrogens (tertiary/aromatic N) is 2. The Morgan fingerprint density at radius 1 is 1.03 bits per heavy atom. The molecule has 1 aromatic heterocycles. The van der Waals surface area contributed by atoms with Crippen LogP contribution in [0.15, 0.2) is 30.3 Å². The number of likely N-dealkylation sites (tertiary alicyclic amines) is 1. The van der Waals surface area contributed by atoms with E-state index in [1.165, 1.54) is 76.7 Å². The van der Waals surface area contributed by atoms with Crippen LogP contribution in [0.25, 0.3) is 10.9 Å². The number of piperidine rings is 1. The molecule has 0 saturated carbocycles. The van der Waals surface area contributed by atoms with Gasteiger partial charge >= 0.3 is 0 Å². The monoisotopic (exact) mass is 426 g/mol. The smallest absolute Gasteiger partial charge is 0.119 e. The van der Waals surface area contributed by atoms with Gasteiger partial charge in [-0.15, -0.1) is 0 Å². The van der Waals surface area contributed by atoms with Gasteiger partial charge in [-0.1, -0.05) is 38.7 Å². The quantitative estimate of drug-likeness (QED) is 0.408. The second-order valence-corrected chi connectivity index (χ2v) is 9.29. The number of unbranched alkanes of at least 4 members (excludes halogenated alkanes) is 4. The third-order valence-electron chi connectivity index (χ3n) is 7.02. The molecule has 1 aliphatic heterocycles. The van der Waals surface area contributed by atoms with Crippen molar-refractivity contribution < 1.29 is 9.84 Å². The minimum Gasteiger partial charge on any atom is -0.497 e. The lowest BCUT2D eigenvalue weighted by molar-refractivity contribution is 0.0902. The second kappa shape index (κ2) is 13.0. The summed E-state index contributed by atoms with van der Waals surface area (Å²) in [5.74, 6) is 2.27. The van der Waals surface area contributed by atoms with E-state index >= 15 is 0 Å². The van der Waals surface area contributed by atoms with Gasteiger partial charge in [-0.05, 0) is 87.7 Å². The van der Waals surface area contributed by atoms with Crippen molar-refractivity contribution in [1.82, 2.24) is 9.88 Å². The van der Waals surface area contributed by atoms with Crippen LogP contribution in [0.3, 0.4) is 0 Å². The Balaban J connectivity index is 1.45. The van der Waals surface area contributed by atoms with E-state index in [2.05, 4.69) is 24.0 Å². The zero-order valence-corrected chi connectivity index (χ0v) is 19.7. The van der Waals surface area contributed by atoms with Gasteiger partial charge in [0.2, 0.25) is 0 Å². The molecule has 1 aromatic carbocycles. The number of fused-ring (bicyclic) bond motifs is 1. The van der Waals surface area contributed by atoms with E-state index in [0.29, 0.717) is 12.5 Å². The molecule has 172 valence electrons. The fourth-order valence-corrected chi connectivity index (χ4v) is 5.13. The van der Waals surface area contributed by atoms with Crippen molar-refractivity contribution in [2.45, 2.75) is 71.1 Å². The highest BCUT2D eigenvalue weighted by atomic mass is 16.5. The van der Waals surface area contributed by atoms with Crippen LogP contribution in [-0.4, -0.2) is 48.3 Å². The number of rotatable bonds is 13. The summed E-state index contributed by atoms with van der Waals surface area (Å²) in [5.41, 5.74) is 2.23. The number of hydrogen-bond acceptors (Lipinski definition) is 4. The lowest BCUT2D eigenvalue weighted by atomic mass is 9.80. The molecule has 4 heteroatoms. The summed E-state index contributed by atoms with van der Waals surface area (Å²) in [7, 11) is 1.70. The van der Waals surface area contributed by atoms with Crippen LogP contribution in [0.5, 0.6) is 5.75 Å². The molecule has 0 aliphatic carbocycles. The first-order valence-corrected chi connectivity index (χ1v) is 12.5. The molecule has 4 nitrogen and oxygen atoms in total. The van der Waals surface area contributed by atoms with Crippen molar-refractivity contribution in [2.75, 3.05) is 33.4 Å². The first-order valence-electron chi connectivity index (χ1n) is 12.5.